The molecule has 4 heteroatoms. The highest BCUT2D eigenvalue weighted by Crippen LogP contribution is 2.37. The van der Waals surface area contributed by atoms with E-state index in [1.54, 1.807) is 19.1 Å². The summed E-state index contributed by atoms with van der Waals surface area (Å²) in [6.07, 6.45) is 4.10. The first-order valence-electron chi connectivity index (χ1n) is 7.99. The Labute approximate surface area is 130 Å². The molecule has 4 nitrogen and oxygen atoms in total. The van der Waals surface area contributed by atoms with Crippen LogP contribution in [0.3, 0.4) is 0 Å². The highest BCUT2D eigenvalue weighted by molar-refractivity contribution is 6.24. The lowest BCUT2D eigenvalue weighted by molar-refractivity contribution is -0.138. The lowest BCUT2D eigenvalue weighted by Gasteiger charge is -2.21. The number of carbonyl (C=O) groups is 2. The van der Waals surface area contributed by atoms with E-state index in [-0.39, 0.29) is 18.0 Å². The number of ether oxygens (including phenoxy) is 1. The van der Waals surface area contributed by atoms with Crippen LogP contribution in [0, 0.1) is 0 Å². The number of Topliss-reactive ketones (excluding diaryl/α,β-unsaturated/α-hetero) is 1. The molecule has 116 valence electrons. The molecular weight excluding hydrogens is 278 g/mol. The normalized spacial score (nSPS) is 22.4. The number of hydrogen-bond acceptors (Lipinski definition) is 4. The molecule has 2 saturated heterocycles. The molecule has 0 bridgehead atoms. The fourth-order valence-electron chi connectivity index (χ4n) is 3.49. The molecule has 0 amide bonds. The molecule has 3 rings (SSSR count). The maximum atomic E-state index is 12.9. The van der Waals surface area contributed by atoms with Gasteiger partial charge in [-0.1, -0.05) is 30.3 Å². The third-order valence-electron chi connectivity index (χ3n) is 4.47. The zero-order valence-electron chi connectivity index (χ0n) is 12.9. The Bertz CT molecular complexity index is 606. The Balaban J connectivity index is 2.01. The van der Waals surface area contributed by atoms with Gasteiger partial charge in [-0.3, -0.25) is 4.79 Å². The van der Waals surface area contributed by atoms with Crippen LogP contribution in [0.25, 0.3) is 0 Å². The van der Waals surface area contributed by atoms with Gasteiger partial charge in [-0.25, -0.2) is 4.79 Å². The first-order valence-corrected chi connectivity index (χ1v) is 7.99. The number of nitrogens with zero attached hydrogens (tertiary/aromatic N) is 1. The van der Waals surface area contributed by atoms with Gasteiger partial charge in [0.15, 0.2) is 0 Å². The average Bonchev–Trinajstić information content (AvgIpc) is 3.13. The van der Waals surface area contributed by atoms with E-state index in [1.165, 1.54) is 0 Å². The minimum atomic E-state index is -0.487. The van der Waals surface area contributed by atoms with E-state index >= 15 is 0 Å². The van der Waals surface area contributed by atoms with Gasteiger partial charge in [0.05, 0.1) is 6.61 Å². The topological polar surface area (TPSA) is 46.6 Å². The van der Waals surface area contributed by atoms with E-state index in [0.717, 1.165) is 37.9 Å². The summed E-state index contributed by atoms with van der Waals surface area (Å²) in [5.74, 6) is -0.708. The Kier molecular flexibility index (Phi) is 4.27. The maximum absolute atomic E-state index is 12.9. The second-order valence-electron chi connectivity index (χ2n) is 5.77. The van der Waals surface area contributed by atoms with Crippen molar-refractivity contribution >= 4 is 11.8 Å². The van der Waals surface area contributed by atoms with E-state index in [4.69, 9.17) is 4.74 Å². The number of allylic oxidation sites excluding steroid dienone is 1. The van der Waals surface area contributed by atoms with Gasteiger partial charge < -0.3 is 9.64 Å². The predicted molar refractivity (Wildman–Crippen MR) is 83.4 cm³/mol. The van der Waals surface area contributed by atoms with Gasteiger partial charge >= 0.3 is 5.97 Å². The van der Waals surface area contributed by atoms with Crippen LogP contribution in [0.2, 0.25) is 0 Å². The van der Waals surface area contributed by atoms with Crippen LogP contribution >= 0.6 is 0 Å². The van der Waals surface area contributed by atoms with Gasteiger partial charge in [-0.2, -0.15) is 0 Å². The molecule has 2 heterocycles. The average molecular weight is 299 g/mol. The van der Waals surface area contributed by atoms with E-state index in [1.807, 2.05) is 18.2 Å². The number of fused-ring (bicyclic) bond motifs is 1. The zero-order chi connectivity index (χ0) is 15.5. The summed E-state index contributed by atoms with van der Waals surface area (Å²) in [7, 11) is 0. The fourth-order valence-corrected chi connectivity index (χ4v) is 3.49. The number of ketones is 1. The minimum absolute atomic E-state index is 0.221. The Morgan fingerprint density at radius 2 is 2.00 bits per heavy atom. The van der Waals surface area contributed by atoms with Gasteiger partial charge in [-0.05, 0) is 32.6 Å². The molecular formula is C18H21NO3. The second-order valence-corrected chi connectivity index (χ2v) is 5.77. The minimum Gasteiger partial charge on any atom is -0.462 e. The Morgan fingerprint density at radius 3 is 2.73 bits per heavy atom. The van der Waals surface area contributed by atoms with E-state index in [0.29, 0.717) is 11.6 Å². The number of carbonyl (C=O) groups excluding carboxylic acids is 2. The molecule has 1 aromatic rings. The van der Waals surface area contributed by atoms with Crippen molar-refractivity contribution in [3.05, 3.63) is 47.2 Å². The summed E-state index contributed by atoms with van der Waals surface area (Å²) in [5, 5.41) is 0. The molecule has 0 saturated carbocycles. The lowest BCUT2D eigenvalue weighted by atomic mass is 10.00. The highest BCUT2D eigenvalue weighted by atomic mass is 16.5. The van der Waals surface area contributed by atoms with Crippen molar-refractivity contribution in [1.82, 2.24) is 4.90 Å². The summed E-state index contributed by atoms with van der Waals surface area (Å²) in [6, 6.07) is 9.47. The summed E-state index contributed by atoms with van der Waals surface area (Å²) in [5.41, 5.74) is 1.66. The van der Waals surface area contributed by atoms with Crippen LogP contribution < -0.4 is 0 Å². The van der Waals surface area contributed by atoms with Crippen LogP contribution in [-0.4, -0.2) is 35.8 Å². The van der Waals surface area contributed by atoms with E-state index < -0.39 is 5.97 Å². The standard InChI is InChI=1S/C18H21NO3/c1-2-22-18(21)16(17(20)13-7-4-3-5-8-13)15-11-10-14-9-6-12-19(14)15/h3-5,7-8,14H,2,6,9-12H2,1H3/b16-15+/t14-/m0/s1. The Morgan fingerprint density at radius 1 is 1.23 bits per heavy atom. The van der Waals surface area contributed by atoms with Crippen molar-refractivity contribution in [3.63, 3.8) is 0 Å². The predicted octanol–water partition coefficient (Wildman–Crippen LogP) is 2.94. The van der Waals surface area contributed by atoms with Crippen LogP contribution in [0.4, 0.5) is 0 Å². The molecule has 0 spiro atoms. The molecule has 2 aliphatic rings. The van der Waals surface area contributed by atoms with Crippen molar-refractivity contribution in [3.8, 4) is 0 Å². The van der Waals surface area contributed by atoms with Crippen molar-refractivity contribution in [1.29, 1.82) is 0 Å². The molecule has 0 aliphatic carbocycles. The van der Waals surface area contributed by atoms with E-state index in [2.05, 4.69) is 4.90 Å². The maximum Gasteiger partial charge on any atom is 0.343 e. The third kappa shape index (κ3) is 2.65. The smallest absolute Gasteiger partial charge is 0.343 e. The lowest BCUT2D eigenvalue weighted by Crippen LogP contribution is -2.27. The van der Waals surface area contributed by atoms with Crippen LogP contribution in [0.15, 0.2) is 41.6 Å². The first kappa shape index (κ1) is 14.8. The van der Waals surface area contributed by atoms with Gasteiger partial charge in [0.1, 0.15) is 5.57 Å². The largest absolute Gasteiger partial charge is 0.462 e. The van der Waals surface area contributed by atoms with Gasteiger partial charge in [-0.15, -0.1) is 0 Å². The van der Waals surface area contributed by atoms with Crippen molar-refractivity contribution in [2.45, 2.75) is 38.6 Å². The molecule has 0 N–H and O–H groups in total. The number of esters is 1. The molecule has 0 unspecified atom stereocenters. The molecule has 1 aromatic carbocycles. The first-order chi connectivity index (χ1) is 10.7. The van der Waals surface area contributed by atoms with Crippen LogP contribution in [0.1, 0.15) is 43.0 Å². The van der Waals surface area contributed by atoms with Crippen LogP contribution in [0.5, 0.6) is 0 Å². The quantitative estimate of drug-likeness (QED) is 0.282. The van der Waals surface area contributed by atoms with Gasteiger partial charge in [0, 0.05) is 23.8 Å². The van der Waals surface area contributed by atoms with Crippen molar-refractivity contribution in [2.75, 3.05) is 13.2 Å². The highest BCUT2D eigenvalue weighted by Gasteiger charge is 2.37. The van der Waals surface area contributed by atoms with Crippen molar-refractivity contribution in [2.24, 2.45) is 0 Å². The van der Waals surface area contributed by atoms with Crippen LogP contribution in [-0.2, 0) is 9.53 Å². The van der Waals surface area contributed by atoms with Gasteiger partial charge in [0.2, 0.25) is 5.78 Å². The molecule has 0 aromatic heterocycles. The second kappa shape index (κ2) is 6.34. The number of hydrogen-bond donors (Lipinski definition) is 0. The molecule has 2 aliphatic heterocycles. The third-order valence-corrected chi connectivity index (χ3v) is 4.47. The van der Waals surface area contributed by atoms with E-state index in [9.17, 15) is 9.59 Å². The number of rotatable bonds is 4. The molecule has 2 fully saturated rings. The van der Waals surface area contributed by atoms with Crippen molar-refractivity contribution < 1.29 is 14.3 Å². The number of benzene rings is 1. The summed E-state index contributed by atoms with van der Waals surface area (Å²) < 4.78 is 5.16. The Hall–Kier alpha value is -2.10. The summed E-state index contributed by atoms with van der Waals surface area (Å²) in [6.45, 7) is 2.98. The molecule has 1 atom stereocenters. The monoisotopic (exact) mass is 299 g/mol. The SMILES string of the molecule is CCOC(=O)/C(C(=O)c1ccccc1)=C1\CC[C@@H]2CCCN12. The fraction of sp³-hybridized carbons (Fsp3) is 0.444. The summed E-state index contributed by atoms with van der Waals surface area (Å²) in [4.78, 5) is 27.5. The summed E-state index contributed by atoms with van der Waals surface area (Å²) >= 11 is 0. The molecule has 0 radical (unpaired) electrons. The van der Waals surface area contributed by atoms with Gasteiger partial charge in [0.25, 0.3) is 0 Å². The molecule has 22 heavy (non-hydrogen) atoms. The zero-order valence-corrected chi connectivity index (χ0v) is 12.9.